The zero-order chi connectivity index (χ0) is 21.6. The highest BCUT2D eigenvalue weighted by Gasteiger charge is 2.35. The van der Waals surface area contributed by atoms with Crippen LogP contribution in [0.15, 0.2) is 60.6 Å². The summed E-state index contributed by atoms with van der Waals surface area (Å²) < 4.78 is 24.2. The van der Waals surface area contributed by atoms with Gasteiger partial charge in [-0.05, 0) is 43.2 Å². The summed E-state index contributed by atoms with van der Waals surface area (Å²) in [5, 5.41) is 15.9. The maximum atomic E-state index is 13.4. The fraction of sp³-hybridized carbons (Fsp3) is 0.348. The third-order valence-corrected chi connectivity index (χ3v) is 5.54. The Morgan fingerprint density at radius 2 is 1.97 bits per heavy atom. The molecule has 0 aliphatic carbocycles. The first-order valence-corrected chi connectivity index (χ1v) is 10.3. The predicted octanol–water partition coefficient (Wildman–Crippen LogP) is 3.05. The summed E-state index contributed by atoms with van der Waals surface area (Å²) in [4.78, 5) is 15.2. The molecular weight excluding hydrogens is 401 g/mol. The molecule has 1 unspecified atom stereocenters. The summed E-state index contributed by atoms with van der Waals surface area (Å²) in [6.07, 6.45) is 3.07. The molecule has 1 fully saturated rings. The Labute approximate surface area is 180 Å². The van der Waals surface area contributed by atoms with Gasteiger partial charge >= 0.3 is 0 Å². The third-order valence-electron chi connectivity index (χ3n) is 5.54. The van der Waals surface area contributed by atoms with Crippen LogP contribution in [0, 0.1) is 5.82 Å². The lowest BCUT2D eigenvalue weighted by Gasteiger charge is -2.37. The van der Waals surface area contributed by atoms with Crippen LogP contribution in [0.3, 0.4) is 0 Å². The number of piperidine rings is 1. The highest BCUT2D eigenvalue weighted by Crippen LogP contribution is 2.26. The van der Waals surface area contributed by atoms with Crippen LogP contribution in [0.2, 0.25) is 0 Å². The van der Waals surface area contributed by atoms with E-state index in [2.05, 4.69) is 15.5 Å². The van der Waals surface area contributed by atoms with Crippen molar-refractivity contribution in [3.8, 4) is 0 Å². The second kappa shape index (κ2) is 9.80. The number of aliphatic hydroxyl groups excluding tert-OH is 1. The van der Waals surface area contributed by atoms with Crippen LogP contribution in [0.4, 0.5) is 15.8 Å². The average molecular weight is 427 g/mol. The van der Waals surface area contributed by atoms with E-state index in [9.17, 15) is 14.3 Å². The maximum absolute atomic E-state index is 13.4. The minimum Gasteiger partial charge on any atom is -0.462 e. The van der Waals surface area contributed by atoms with Gasteiger partial charge < -0.3 is 25.2 Å². The molecule has 1 atom stereocenters. The van der Waals surface area contributed by atoms with Crippen LogP contribution in [0.1, 0.15) is 18.4 Å². The smallest absolute Gasteiger partial charge is 0.249 e. The number of hydrogen-bond acceptors (Lipinski definition) is 6. The van der Waals surface area contributed by atoms with Crippen molar-refractivity contribution in [2.45, 2.75) is 31.5 Å². The monoisotopic (exact) mass is 427 g/mol. The number of carbonyl (C=O) groups excluding carboxylic acids is 1. The Morgan fingerprint density at radius 1 is 1.19 bits per heavy atom. The van der Waals surface area contributed by atoms with Crippen molar-refractivity contribution in [3.05, 3.63) is 71.9 Å². The molecule has 2 aliphatic rings. The van der Waals surface area contributed by atoms with E-state index in [1.54, 1.807) is 6.07 Å². The number of aliphatic hydroxyl groups is 1. The summed E-state index contributed by atoms with van der Waals surface area (Å²) in [5.41, 5.74) is 1.99. The largest absolute Gasteiger partial charge is 0.462 e. The van der Waals surface area contributed by atoms with Crippen LogP contribution in [-0.2, 0) is 20.9 Å². The summed E-state index contributed by atoms with van der Waals surface area (Å²) in [5.74, 6) is -0.0415. The minimum atomic E-state index is -0.581. The molecule has 2 aromatic carbocycles. The number of nitrogens with one attached hydrogen (secondary N) is 2. The number of rotatable bonds is 7. The van der Waals surface area contributed by atoms with Gasteiger partial charge in [-0.3, -0.25) is 9.69 Å². The van der Waals surface area contributed by atoms with E-state index < -0.39 is 6.04 Å². The number of hydrogen-bond donors (Lipinski definition) is 3. The molecule has 0 spiro atoms. The van der Waals surface area contributed by atoms with Crippen molar-refractivity contribution in [1.82, 2.24) is 4.90 Å². The molecule has 164 valence electrons. The Hall–Kier alpha value is -3.10. The number of likely N-dealkylation sites (tertiary alicyclic amines) is 1. The van der Waals surface area contributed by atoms with E-state index in [0.717, 1.165) is 24.2 Å². The Bertz CT molecular complexity index is 930. The summed E-state index contributed by atoms with van der Waals surface area (Å²) in [7, 11) is 0. The molecule has 8 heteroatoms. The number of para-hydroxylation sites is 1. The molecule has 1 amide bonds. The average Bonchev–Trinajstić information content (AvgIpc) is 3.31. The van der Waals surface area contributed by atoms with E-state index >= 15 is 0 Å². The number of nitrogens with zero attached hydrogens (tertiary/aromatic N) is 1. The Balaban J connectivity index is 1.41. The van der Waals surface area contributed by atoms with Crippen LogP contribution < -0.4 is 10.6 Å². The van der Waals surface area contributed by atoms with E-state index in [1.165, 1.54) is 18.4 Å². The topological polar surface area (TPSA) is 83.1 Å². The standard InChI is InChI=1S/C23H26FN3O4/c24-17-6-7-20(16(12-17)13-28)25-19-8-10-27(11-9-19)22(21-14-30-15-31-21)23(29)26-18-4-2-1-3-5-18/h1-7,12,14,19,22,25,28H,8-11,13,15H2,(H,26,29). The molecule has 3 N–H and O–H groups in total. The van der Waals surface area contributed by atoms with Crippen molar-refractivity contribution >= 4 is 17.3 Å². The molecule has 0 radical (unpaired) electrons. The van der Waals surface area contributed by atoms with Gasteiger partial charge in [0.1, 0.15) is 12.1 Å². The van der Waals surface area contributed by atoms with Crippen molar-refractivity contribution in [2.75, 3.05) is 30.5 Å². The lowest BCUT2D eigenvalue weighted by Crippen LogP contribution is -2.50. The van der Waals surface area contributed by atoms with Crippen LogP contribution in [-0.4, -0.2) is 47.9 Å². The van der Waals surface area contributed by atoms with Gasteiger partial charge in [0.2, 0.25) is 12.7 Å². The molecule has 4 rings (SSSR count). The molecule has 2 heterocycles. The van der Waals surface area contributed by atoms with Gasteiger partial charge in [-0.2, -0.15) is 0 Å². The number of halogens is 1. The van der Waals surface area contributed by atoms with E-state index in [-0.39, 0.29) is 31.2 Å². The third kappa shape index (κ3) is 5.15. The summed E-state index contributed by atoms with van der Waals surface area (Å²) in [6.45, 7) is 1.21. The molecule has 2 aromatic rings. The first-order valence-electron chi connectivity index (χ1n) is 10.3. The zero-order valence-electron chi connectivity index (χ0n) is 17.1. The lowest BCUT2D eigenvalue weighted by molar-refractivity contribution is -0.121. The highest BCUT2D eigenvalue weighted by molar-refractivity contribution is 5.96. The minimum absolute atomic E-state index is 0.108. The number of benzene rings is 2. The molecule has 1 saturated heterocycles. The quantitative estimate of drug-likeness (QED) is 0.630. The highest BCUT2D eigenvalue weighted by atomic mass is 19.1. The zero-order valence-corrected chi connectivity index (χ0v) is 17.1. The van der Waals surface area contributed by atoms with Gasteiger partial charge in [-0.15, -0.1) is 0 Å². The fourth-order valence-electron chi connectivity index (χ4n) is 3.96. The number of ether oxygens (including phenoxy) is 2. The van der Waals surface area contributed by atoms with Crippen LogP contribution in [0.5, 0.6) is 0 Å². The fourth-order valence-corrected chi connectivity index (χ4v) is 3.96. The molecule has 0 bridgehead atoms. The van der Waals surface area contributed by atoms with Crippen molar-refractivity contribution in [3.63, 3.8) is 0 Å². The lowest BCUT2D eigenvalue weighted by atomic mass is 10.0. The number of anilines is 2. The van der Waals surface area contributed by atoms with Crippen molar-refractivity contribution < 1.29 is 23.8 Å². The van der Waals surface area contributed by atoms with E-state index in [4.69, 9.17) is 9.47 Å². The molecule has 31 heavy (non-hydrogen) atoms. The first-order chi connectivity index (χ1) is 15.1. The second-order valence-corrected chi connectivity index (χ2v) is 7.62. The first kappa shape index (κ1) is 21.1. The van der Waals surface area contributed by atoms with Crippen LogP contribution >= 0.6 is 0 Å². The van der Waals surface area contributed by atoms with Gasteiger partial charge in [0, 0.05) is 36.1 Å². The van der Waals surface area contributed by atoms with Gasteiger partial charge in [0.15, 0.2) is 11.8 Å². The Morgan fingerprint density at radius 3 is 2.65 bits per heavy atom. The number of carbonyl (C=O) groups is 1. The molecular formula is C23H26FN3O4. The maximum Gasteiger partial charge on any atom is 0.249 e. The number of amides is 1. The van der Waals surface area contributed by atoms with Crippen LogP contribution in [0.25, 0.3) is 0 Å². The molecule has 0 saturated carbocycles. The predicted molar refractivity (Wildman–Crippen MR) is 115 cm³/mol. The SMILES string of the molecule is O=C(Nc1ccccc1)C(C1=COCO1)N1CCC(Nc2ccc(F)cc2CO)CC1. The normalized spacial score (nSPS) is 17.9. The van der Waals surface area contributed by atoms with E-state index in [1.807, 2.05) is 30.3 Å². The van der Waals surface area contributed by atoms with E-state index in [0.29, 0.717) is 24.4 Å². The van der Waals surface area contributed by atoms with Crippen molar-refractivity contribution in [2.24, 2.45) is 0 Å². The van der Waals surface area contributed by atoms with Gasteiger partial charge in [0.25, 0.3) is 0 Å². The summed E-state index contributed by atoms with van der Waals surface area (Å²) in [6, 6.07) is 13.2. The second-order valence-electron chi connectivity index (χ2n) is 7.62. The van der Waals surface area contributed by atoms with Crippen molar-refractivity contribution in [1.29, 1.82) is 0 Å². The van der Waals surface area contributed by atoms with Gasteiger partial charge in [-0.25, -0.2) is 4.39 Å². The van der Waals surface area contributed by atoms with Gasteiger partial charge in [-0.1, -0.05) is 18.2 Å². The molecule has 7 nitrogen and oxygen atoms in total. The molecule has 2 aliphatic heterocycles. The van der Waals surface area contributed by atoms with Gasteiger partial charge in [0.05, 0.1) is 6.61 Å². The summed E-state index contributed by atoms with van der Waals surface area (Å²) >= 11 is 0. The Kier molecular flexibility index (Phi) is 6.69. The molecule has 0 aromatic heterocycles.